The smallest absolute Gasteiger partial charge is 0.241 e. The van der Waals surface area contributed by atoms with Gasteiger partial charge in [-0.1, -0.05) is 30.3 Å². The number of aryl methyl sites for hydroxylation is 1. The van der Waals surface area contributed by atoms with Crippen LogP contribution < -0.4 is 4.90 Å². The maximum Gasteiger partial charge on any atom is 0.241 e. The van der Waals surface area contributed by atoms with Crippen LogP contribution in [0.1, 0.15) is 24.1 Å². The van der Waals surface area contributed by atoms with Crippen LogP contribution in [0.4, 0.5) is 5.82 Å². The van der Waals surface area contributed by atoms with Crippen molar-refractivity contribution in [1.82, 2.24) is 9.78 Å². The molecule has 2 bridgehead atoms. The predicted octanol–water partition coefficient (Wildman–Crippen LogP) is 1.91. The Labute approximate surface area is 145 Å². The molecule has 128 valence electrons. The second-order valence-corrected chi connectivity index (χ2v) is 7.14. The quantitative estimate of drug-likeness (QED) is 0.803. The molecule has 5 rings (SSSR count). The van der Waals surface area contributed by atoms with Gasteiger partial charge in [-0.25, -0.2) is 4.90 Å². The van der Waals surface area contributed by atoms with Gasteiger partial charge in [0.1, 0.15) is 0 Å². The van der Waals surface area contributed by atoms with Crippen LogP contribution in [0, 0.1) is 18.8 Å². The SMILES string of the molecule is Cc1cc(N2C(=O)[C@@H]3[C@H](C2=O)[C@H]2CC[C@@H]3O2)nn1Cc1ccccc1. The van der Waals surface area contributed by atoms with Crippen LogP contribution in [0.2, 0.25) is 0 Å². The minimum Gasteiger partial charge on any atom is -0.373 e. The zero-order chi connectivity index (χ0) is 17.1. The van der Waals surface area contributed by atoms with Crippen molar-refractivity contribution in [2.24, 2.45) is 11.8 Å². The highest BCUT2D eigenvalue weighted by molar-refractivity contribution is 6.22. The number of benzene rings is 1. The summed E-state index contributed by atoms with van der Waals surface area (Å²) in [6, 6.07) is 11.8. The summed E-state index contributed by atoms with van der Waals surface area (Å²) < 4.78 is 7.62. The van der Waals surface area contributed by atoms with Gasteiger partial charge in [0, 0.05) is 11.8 Å². The molecule has 25 heavy (non-hydrogen) atoms. The third-order valence-corrected chi connectivity index (χ3v) is 5.66. The van der Waals surface area contributed by atoms with Gasteiger partial charge >= 0.3 is 0 Å². The highest BCUT2D eigenvalue weighted by atomic mass is 16.5. The first-order valence-electron chi connectivity index (χ1n) is 8.75. The summed E-state index contributed by atoms with van der Waals surface area (Å²) in [6.07, 6.45) is 1.56. The molecule has 3 aliphatic heterocycles. The minimum absolute atomic E-state index is 0.0936. The van der Waals surface area contributed by atoms with E-state index in [0.29, 0.717) is 12.4 Å². The molecule has 3 saturated heterocycles. The fourth-order valence-electron chi connectivity index (χ4n) is 4.46. The van der Waals surface area contributed by atoms with Crippen LogP contribution in [0.15, 0.2) is 36.4 Å². The van der Waals surface area contributed by atoms with Crippen LogP contribution in [0.3, 0.4) is 0 Å². The average molecular weight is 337 g/mol. The number of hydrogen-bond acceptors (Lipinski definition) is 4. The van der Waals surface area contributed by atoms with E-state index in [1.165, 1.54) is 4.90 Å². The molecule has 4 atom stereocenters. The maximum atomic E-state index is 12.8. The lowest BCUT2D eigenvalue weighted by Crippen LogP contribution is -2.34. The van der Waals surface area contributed by atoms with E-state index in [9.17, 15) is 9.59 Å². The van der Waals surface area contributed by atoms with Gasteiger partial charge in [-0.3, -0.25) is 14.3 Å². The van der Waals surface area contributed by atoms with Gasteiger partial charge in [0.2, 0.25) is 11.8 Å². The number of hydrogen-bond donors (Lipinski definition) is 0. The van der Waals surface area contributed by atoms with E-state index in [1.807, 2.05) is 48.0 Å². The van der Waals surface area contributed by atoms with Crippen LogP contribution >= 0.6 is 0 Å². The van der Waals surface area contributed by atoms with E-state index >= 15 is 0 Å². The van der Waals surface area contributed by atoms with E-state index in [4.69, 9.17) is 4.74 Å². The number of aromatic nitrogens is 2. The van der Waals surface area contributed by atoms with Crippen LogP contribution in [-0.4, -0.2) is 33.8 Å². The van der Waals surface area contributed by atoms with Crippen molar-refractivity contribution in [3.63, 3.8) is 0 Å². The molecule has 0 saturated carbocycles. The number of carbonyl (C=O) groups excluding carboxylic acids is 2. The lowest BCUT2D eigenvalue weighted by molar-refractivity contribution is -0.124. The highest BCUT2D eigenvalue weighted by Crippen LogP contribution is 2.49. The maximum absolute atomic E-state index is 12.8. The molecule has 0 N–H and O–H groups in total. The van der Waals surface area contributed by atoms with Gasteiger partial charge < -0.3 is 4.74 Å². The Hall–Kier alpha value is -2.47. The Morgan fingerprint density at radius 3 is 2.36 bits per heavy atom. The lowest BCUT2D eigenvalue weighted by Gasteiger charge is -2.15. The van der Waals surface area contributed by atoms with Crippen molar-refractivity contribution in [3.8, 4) is 0 Å². The van der Waals surface area contributed by atoms with Gasteiger partial charge in [0.15, 0.2) is 5.82 Å². The second kappa shape index (κ2) is 5.26. The van der Waals surface area contributed by atoms with Gasteiger partial charge in [-0.05, 0) is 25.3 Å². The second-order valence-electron chi connectivity index (χ2n) is 7.14. The number of fused-ring (bicyclic) bond motifs is 5. The molecule has 4 heterocycles. The Bertz CT molecular complexity index is 832. The Balaban J connectivity index is 1.45. The number of amides is 2. The minimum atomic E-state index is -0.314. The average Bonchev–Trinajstić information content (AvgIpc) is 3.34. The zero-order valence-electron chi connectivity index (χ0n) is 14.0. The van der Waals surface area contributed by atoms with Crippen molar-refractivity contribution >= 4 is 17.6 Å². The van der Waals surface area contributed by atoms with Crippen molar-refractivity contribution in [2.45, 2.75) is 38.5 Å². The molecule has 1 aromatic heterocycles. The fraction of sp³-hybridized carbons (Fsp3) is 0.421. The third kappa shape index (κ3) is 2.10. The summed E-state index contributed by atoms with van der Waals surface area (Å²) in [4.78, 5) is 27.0. The number of anilines is 1. The molecule has 2 amide bonds. The number of imide groups is 1. The normalized spacial score (nSPS) is 30.4. The first-order valence-corrected chi connectivity index (χ1v) is 8.75. The third-order valence-electron chi connectivity index (χ3n) is 5.66. The van der Waals surface area contributed by atoms with Crippen molar-refractivity contribution in [2.75, 3.05) is 4.90 Å². The standard InChI is InChI=1S/C19H19N3O3/c1-11-9-15(20-21(11)10-12-5-3-2-4-6-12)22-18(23)16-13-7-8-14(25-13)17(16)19(22)24/h2-6,9,13-14,16-17H,7-8,10H2,1H3/t13-,14+,16-,17+. The van der Waals surface area contributed by atoms with Gasteiger partial charge in [-0.15, -0.1) is 0 Å². The van der Waals surface area contributed by atoms with Crippen molar-refractivity contribution < 1.29 is 14.3 Å². The van der Waals surface area contributed by atoms with E-state index < -0.39 is 0 Å². The summed E-state index contributed by atoms with van der Waals surface area (Å²) >= 11 is 0. The Morgan fingerprint density at radius 1 is 1.08 bits per heavy atom. The van der Waals surface area contributed by atoms with Crippen molar-refractivity contribution in [1.29, 1.82) is 0 Å². The molecular formula is C19H19N3O3. The number of ether oxygens (including phenoxy) is 1. The molecule has 3 aliphatic rings. The van der Waals surface area contributed by atoms with Crippen LogP contribution in [0.25, 0.3) is 0 Å². The molecule has 0 aliphatic carbocycles. The monoisotopic (exact) mass is 337 g/mol. The first-order chi connectivity index (χ1) is 12.1. The molecule has 0 spiro atoms. The van der Waals surface area contributed by atoms with E-state index in [-0.39, 0.29) is 35.9 Å². The van der Waals surface area contributed by atoms with Gasteiger partial charge in [0.25, 0.3) is 0 Å². The molecule has 1 aromatic carbocycles. The summed E-state index contributed by atoms with van der Waals surface area (Å²) in [5.41, 5.74) is 2.05. The summed E-state index contributed by atoms with van der Waals surface area (Å²) in [5.74, 6) is -0.480. The summed E-state index contributed by atoms with van der Waals surface area (Å²) in [7, 11) is 0. The summed E-state index contributed by atoms with van der Waals surface area (Å²) in [6.45, 7) is 2.56. The molecule has 6 nitrogen and oxygen atoms in total. The van der Waals surface area contributed by atoms with Gasteiger partial charge in [-0.2, -0.15) is 5.10 Å². The molecule has 2 aromatic rings. The summed E-state index contributed by atoms with van der Waals surface area (Å²) in [5, 5.41) is 4.55. The fourth-order valence-corrected chi connectivity index (χ4v) is 4.46. The molecule has 0 radical (unpaired) electrons. The highest BCUT2D eigenvalue weighted by Gasteiger charge is 2.63. The van der Waals surface area contributed by atoms with Crippen LogP contribution in [-0.2, 0) is 20.9 Å². The lowest BCUT2D eigenvalue weighted by atomic mass is 9.81. The Morgan fingerprint density at radius 2 is 1.72 bits per heavy atom. The number of carbonyl (C=O) groups is 2. The zero-order valence-corrected chi connectivity index (χ0v) is 14.0. The Kier molecular flexibility index (Phi) is 3.12. The first kappa shape index (κ1) is 14.8. The van der Waals surface area contributed by atoms with Crippen LogP contribution in [0.5, 0.6) is 0 Å². The number of nitrogens with zero attached hydrogens (tertiary/aromatic N) is 3. The molecule has 0 unspecified atom stereocenters. The van der Waals surface area contributed by atoms with Crippen molar-refractivity contribution in [3.05, 3.63) is 47.7 Å². The number of rotatable bonds is 3. The van der Waals surface area contributed by atoms with Gasteiger partial charge in [0.05, 0.1) is 30.6 Å². The largest absolute Gasteiger partial charge is 0.373 e. The topological polar surface area (TPSA) is 64.4 Å². The van der Waals surface area contributed by atoms with E-state index in [0.717, 1.165) is 24.1 Å². The van der Waals surface area contributed by atoms with E-state index in [1.54, 1.807) is 0 Å². The van der Waals surface area contributed by atoms with E-state index in [2.05, 4.69) is 5.10 Å². The molecular weight excluding hydrogens is 318 g/mol. The molecule has 6 heteroatoms. The predicted molar refractivity (Wildman–Crippen MR) is 89.9 cm³/mol. The molecule has 3 fully saturated rings.